The first-order valence-corrected chi connectivity index (χ1v) is 8.22. The zero-order chi connectivity index (χ0) is 17.7. The summed E-state index contributed by atoms with van der Waals surface area (Å²) in [7, 11) is 0. The molecule has 126 valence electrons. The summed E-state index contributed by atoms with van der Waals surface area (Å²) in [6, 6.07) is 7.69. The Bertz CT molecular complexity index is 765. The Balaban J connectivity index is 2.35. The molecule has 0 fully saturated rings. The molecule has 24 heavy (non-hydrogen) atoms. The molecule has 0 aliphatic carbocycles. The number of hydrogen-bond acceptors (Lipinski definition) is 4. The predicted molar refractivity (Wildman–Crippen MR) is 93.4 cm³/mol. The maximum Gasteiger partial charge on any atom is 0.305 e. The fourth-order valence-electron chi connectivity index (χ4n) is 2.15. The summed E-state index contributed by atoms with van der Waals surface area (Å²) >= 11 is 1.26. The van der Waals surface area contributed by atoms with E-state index in [-0.39, 0.29) is 18.9 Å². The molecule has 0 spiro atoms. The average molecular weight is 346 g/mol. The van der Waals surface area contributed by atoms with Gasteiger partial charge in [0.2, 0.25) is 5.91 Å². The molecule has 7 heteroatoms. The van der Waals surface area contributed by atoms with Crippen LogP contribution in [0.5, 0.6) is 0 Å². The molecule has 0 unspecified atom stereocenters. The van der Waals surface area contributed by atoms with Crippen molar-refractivity contribution in [2.45, 2.75) is 20.3 Å². The average Bonchev–Trinajstić information content (AvgIpc) is 2.90. The number of anilines is 1. The third kappa shape index (κ3) is 4.42. The van der Waals surface area contributed by atoms with Crippen LogP contribution in [0.2, 0.25) is 0 Å². The largest absolute Gasteiger partial charge is 0.481 e. The summed E-state index contributed by atoms with van der Waals surface area (Å²) in [6.07, 6.45) is -0.161. The number of amides is 2. The lowest BCUT2D eigenvalue weighted by atomic mass is 10.0. The van der Waals surface area contributed by atoms with Crippen molar-refractivity contribution in [2.75, 3.05) is 11.9 Å². The van der Waals surface area contributed by atoms with Gasteiger partial charge in [0.05, 0.1) is 12.0 Å². The highest BCUT2D eigenvalue weighted by Crippen LogP contribution is 2.35. The fourth-order valence-corrected chi connectivity index (χ4v) is 3.16. The van der Waals surface area contributed by atoms with Crippen LogP contribution >= 0.6 is 11.3 Å². The van der Waals surface area contributed by atoms with Gasteiger partial charge in [0.15, 0.2) is 0 Å². The molecule has 0 saturated heterocycles. The van der Waals surface area contributed by atoms with Crippen molar-refractivity contribution in [3.8, 4) is 11.1 Å². The fraction of sp³-hybridized carbons (Fsp3) is 0.235. The van der Waals surface area contributed by atoms with Crippen LogP contribution in [0.4, 0.5) is 5.00 Å². The van der Waals surface area contributed by atoms with E-state index < -0.39 is 11.9 Å². The van der Waals surface area contributed by atoms with Crippen LogP contribution in [0.15, 0.2) is 29.6 Å². The van der Waals surface area contributed by atoms with Crippen LogP contribution in [0.25, 0.3) is 11.1 Å². The zero-order valence-electron chi connectivity index (χ0n) is 13.4. The number of benzene rings is 1. The molecule has 1 aromatic heterocycles. The Morgan fingerprint density at radius 1 is 1.17 bits per heavy atom. The molecule has 2 amide bonds. The molecular formula is C17H18N2O4S. The first kappa shape index (κ1) is 17.7. The highest BCUT2D eigenvalue weighted by molar-refractivity contribution is 7.15. The lowest BCUT2D eigenvalue weighted by Crippen LogP contribution is -2.27. The Morgan fingerprint density at radius 3 is 2.42 bits per heavy atom. The molecule has 1 heterocycles. The van der Waals surface area contributed by atoms with Crippen LogP contribution in [0.1, 0.15) is 29.3 Å². The van der Waals surface area contributed by atoms with Crippen LogP contribution in [0.3, 0.4) is 0 Å². The van der Waals surface area contributed by atoms with Crippen molar-refractivity contribution >= 4 is 34.1 Å². The summed E-state index contributed by atoms with van der Waals surface area (Å²) < 4.78 is 0. The van der Waals surface area contributed by atoms with Gasteiger partial charge in [-0.25, -0.2) is 0 Å². The van der Waals surface area contributed by atoms with Crippen molar-refractivity contribution in [2.24, 2.45) is 0 Å². The quantitative estimate of drug-likeness (QED) is 0.749. The lowest BCUT2D eigenvalue weighted by Gasteiger charge is -2.09. The van der Waals surface area contributed by atoms with E-state index >= 15 is 0 Å². The highest BCUT2D eigenvalue weighted by Gasteiger charge is 2.21. The topological polar surface area (TPSA) is 95.5 Å². The number of thiophene rings is 1. The number of carboxylic acid groups (broad SMARTS) is 1. The molecular weight excluding hydrogens is 328 g/mol. The van der Waals surface area contributed by atoms with Crippen molar-refractivity contribution in [3.63, 3.8) is 0 Å². The smallest absolute Gasteiger partial charge is 0.305 e. The number of carboxylic acids is 1. The van der Waals surface area contributed by atoms with Crippen molar-refractivity contribution in [1.29, 1.82) is 0 Å². The Labute approximate surface area is 143 Å². The van der Waals surface area contributed by atoms with E-state index in [2.05, 4.69) is 10.6 Å². The number of aliphatic carboxylic acids is 1. The van der Waals surface area contributed by atoms with E-state index in [9.17, 15) is 14.4 Å². The summed E-state index contributed by atoms with van der Waals surface area (Å²) in [4.78, 5) is 34.5. The van der Waals surface area contributed by atoms with E-state index in [0.717, 1.165) is 11.1 Å². The first-order chi connectivity index (χ1) is 11.4. The van der Waals surface area contributed by atoms with E-state index in [1.54, 1.807) is 0 Å². The lowest BCUT2D eigenvalue weighted by molar-refractivity contribution is -0.136. The van der Waals surface area contributed by atoms with Crippen LogP contribution < -0.4 is 10.6 Å². The van der Waals surface area contributed by atoms with Gasteiger partial charge >= 0.3 is 5.97 Å². The minimum Gasteiger partial charge on any atom is -0.481 e. The van der Waals surface area contributed by atoms with Gasteiger partial charge in [0, 0.05) is 24.4 Å². The maximum absolute atomic E-state index is 12.5. The Hall–Kier alpha value is -2.67. The van der Waals surface area contributed by atoms with E-state index in [1.807, 2.05) is 36.6 Å². The molecule has 1 aromatic carbocycles. The Morgan fingerprint density at radius 2 is 1.83 bits per heavy atom. The van der Waals surface area contributed by atoms with Gasteiger partial charge in [-0.1, -0.05) is 29.8 Å². The van der Waals surface area contributed by atoms with Gasteiger partial charge in [-0.05, 0) is 12.5 Å². The summed E-state index contributed by atoms with van der Waals surface area (Å²) in [5, 5.41) is 16.2. The second-order valence-corrected chi connectivity index (χ2v) is 6.18. The molecule has 0 atom stereocenters. The van der Waals surface area contributed by atoms with Gasteiger partial charge in [-0.3, -0.25) is 14.4 Å². The molecule has 0 aliphatic heterocycles. The van der Waals surface area contributed by atoms with Crippen LogP contribution in [-0.4, -0.2) is 29.4 Å². The number of nitrogens with one attached hydrogen (secondary N) is 2. The molecule has 0 saturated carbocycles. The molecule has 6 nitrogen and oxygen atoms in total. The summed E-state index contributed by atoms with van der Waals surface area (Å²) in [6.45, 7) is 3.37. The third-order valence-corrected chi connectivity index (χ3v) is 4.19. The highest BCUT2D eigenvalue weighted by atomic mass is 32.1. The SMILES string of the molecule is CC(=O)Nc1scc(-c2ccc(C)cc2)c1C(=O)NCCC(=O)O. The zero-order valence-corrected chi connectivity index (χ0v) is 14.2. The van der Waals surface area contributed by atoms with Crippen molar-refractivity contribution in [1.82, 2.24) is 5.32 Å². The van der Waals surface area contributed by atoms with Gasteiger partial charge in [0.1, 0.15) is 5.00 Å². The maximum atomic E-state index is 12.5. The standard InChI is InChI=1S/C17H18N2O4S/c1-10-3-5-12(6-4-10)13-9-24-17(19-11(2)20)15(13)16(23)18-8-7-14(21)22/h3-6,9H,7-8H2,1-2H3,(H,18,23)(H,19,20)(H,21,22). The number of hydrogen-bond donors (Lipinski definition) is 3. The van der Waals surface area contributed by atoms with E-state index in [1.165, 1.54) is 18.3 Å². The molecule has 0 aliphatic rings. The van der Waals surface area contributed by atoms with Crippen LogP contribution in [-0.2, 0) is 9.59 Å². The minimum atomic E-state index is -0.985. The monoisotopic (exact) mass is 346 g/mol. The Kier molecular flexibility index (Phi) is 5.70. The second-order valence-electron chi connectivity index (χ2n) is 5.30. The predicted octanol–water partition coefficient (Wildman–Crippen LogP) is 2.89. The number of carbonyl (C=O) groups excluding carboxylic acids is 2. The second kappa shape index (κ2) is 7.74. The van der Waals surface area contributed by atoms with Gasteiger partial charge in [-0.2, -0.15) is 0 Å². The number of aryl methyl sites for hydroxylation is 1. The summed E-state index contributed by atoms with van der Waals surface area (Å²) in [5.74, 6) is -1.66. The number of carbonyl (C=O) groups is 3. The minimum absolute atomic E-state index is 0.0247. The summed E-state index contributed by atoms with van der Waals surface area (Å²) in [5.41, 5.74) is 3.02. The first-order valence-electron chi connectivity index (χ1n) is 7.34. The van der Waals surface area contributed by atoms with Gasteiger partial charge in [-0.15, -0.1) is 11.3 Å². The van der Waals surface area contributed by atoms with Gasteiger partial charge in [0.25, 0.3) is 5.91 Å². The van der Waals surface area contributed by atoms with Gasteiger partial charge < -0.3 is 15.7 Å². The van der Waals surface area contributed by atoms with Crippen molar-refractivity contribution in [3.05, 3.63) is 40.8 Å². The molecule has 0 radical (unpaired) electrons. The molecule has 2 rings (SSSR count). The number of rotatable bonds is 6. The molecule has 3 N–H and O–H groups in total. The molecule has 0 bridgehead atoms. The van der Waals surface area contributed by atoms with Crippen LogP contribution in [0, 0.1) is 6.92 Å². The van der Waals surface area contributed by atoms with Crippen molar-refractivity contribution < 1.29 is 19.5 Å². The third-order valence-electron chi connectivity index (χ3n) is 3.29. The normalized spacial score (nSPS) is 10.2. The van der Waals surface area contributed by atoms with E-state index in [4.69, 9.17) is 5.11 Å². The van der Waals surface area contributed by atoms with E-state index in [0.29, 0.717) is 16.1 Å². The molecule has 2 aromatic rings.